The van der Waals surface area contributed by atoms with E-state index in [1.165, 1.54) is 18.2 Å². The number of nitro groups is 1. The lowest BCUT2D eigenvalue weighted by Crippen LogP contribution is -2.33. The van der Waals surface area contributed by atoms with Crippen molar-refractivity contribution in [3.63, 3.8) is 0 Å². The van der Waals surface area contributed by atoms with Gasteiger partial charge in [-0.25, -0.2) is 8.42 Å². The third kappa shape index (κ3) is 2.90. The molecule has 0 saturated carbocycles. The predicted octanol–water partition coefficient (Wildman–Crippen LogP) is 1.87. The second-order valence-corrected chi connectivity index (χ2v) is 8.63. The summed E-state index contributed by atoms with van der Waals surface area (Å²) in [6.45, 7) is 3.98. The van der Waals surface area contributed by atoms with Gasteiger partial charge >= 0.3 is 0 Å². The van der Waals surface area contributed by atoms with Crippen molar-refractivity contribution in [1.29, 1.82) is 5.26 Å². The minimum atomic E-state index is -3.25. The number of benzene rings is 1. The summed E-state index contributed by atoms with van der Waals surface area (Å²) < 4.78 is 23.6. The van der Waals surface area contributed by atoms with Gasteiger partial charge in [-0.3, -0.25) is 10.1 Å². The minimum Gasteiger partial charge on any atom is -0.365 e. The monoisotopic (exact) mass is 323 g/mol. The van der Waals surface area contributed by atoms with Crippen LogP contribution >= 0.6 is 0 Å². The van der Waals surface area contributed by atoms with Crippen LogP contribution in [-0.4, -0.2) is 36.9 Å². The van der Waals surface area contributed by atoms with E-state index < -0.39 is 19.5 Å². The Morgan fingerprint density at radius 3 is 2.64 bits per heavy atom. The standard InChI is InChI=1S/C14H17N3O4S/c1-14(2)5-6-16(7-8-22(14,20)21)12-4-3-11(10-15)9-13(12)17(18)19/h3-4,9H,5-8H2,1-2H3. The average Bonchev–Trinajstić information content (AvgIpc) is 2.56. The van der Waals surface area contributed by atoms with Crippen molar-refractivity contribution < 1.29 is 13.3 Å². The quantitative estimate of drug-likeness (QED) is 0.608. The van der Waals surface area contributed by atoms with E-state index in [4.69, 9.17) is 5.26 Å². The van der Waals surface area contributed by atoms with Crippen LogP contribution in [0.3, 0.4) is 0 Å². The summed E-state index contributed by atoms with van der Waals surface area (Å²) in [6.07, 6.45) is 0.395. The maximum atomic E-state index is 12.2. The van der Waals surface area contributed by atoms with E-state index in [0.717, 1.165) is 0 Å². The SMILES string of the molecule is CC1(C)CCN(c2ccc(C#N)cc2[N+](=O)[O-])CCS1(=O)=O. The summed E-state index contributed by atoms with van der Waals surface area (Å²) in [5.41, 5.74) is 0.395. The zero-order chi connectivity index (χ0) is 16.5. The van der Waals surface area contributed by atoms with Gasteiger partial charge in [0.05, 0.1) is 27.1 Å². The van der Waals surface area contributed by atoms with Crippen LogP contribution in [0.5, 0.6) is 0 Å². The van der Waals surface area contributed by atoms with Gasteiger partial charge in [0.1, 0.15) is 5.69 Å². The number of rotatable bonds is 2. The molecular formula is C14H17N3O4S. The molecule has 22 heavy (non-hydrogen) atoms. The summed E-state index contributed by atoms with van der Waals surface area (Å²) in [7, 11) is -3.25. The second-order valence-electron chi connectivity index (χ2n) is 5.89. The van der Waals surface area contributed by atoms with E-state index in [1.807, 2.05) is 6.07 Å². The Labute approximate surface area is 129 Å². The summed E-state index contributed by atoms with van der Waals surface area (Å²) >= 11 is 0. The van der Waals surface area contributed by atoms with E-state index in [0.29, 0.717) is 18.7 Å². The molecule has 0 atom stereocenters. The molecule has 0 aromatic heterocycles. The van der Waals surface area contributed by atoms with Crippen LogP contribution in [-0.2, 0) is 9.84 Å². The van der Waals surface area contributed by atoms with Crippen LogP contribution in [0.2, 0.25) is 0 Å². The fourth-order valence-electron chi connectivity index (χ4n) is 2.43. The first-order valence-electron chi connectivity index (χ1n) is 6.84. The minimum absolute atomic E-state index is 0.0445. The van der Waals surface area contributed by atoms with Crippen molar-refractivity contribution in [1.82, 2.24) is 0 Å². The molecule has 118 valence electrons. The molecule has 0 amide bonds. The number of nitro benzene ring substituents is 1. The van der Waals surface area contributed by atoms with E-state index in [2.05, 4.69) is 0 Å². The zero-order valence-corrected chi connectivity index (χ0v) is 13.3. The maximum Gasteiger partial charge on any atom is 0.293 e. The van der Waals surface area contributed by atoms with Crippen LogP contribution in [0, 0.1) is 21.4 Å². The van der Waals surface area contributed by atoms with Crippen molar-refractivity contribution in [3.05, 3.63) is 33.9 Å². The molecule has 0 spiro atoms. The summed E-state index contributed by atoms with van der Waals surface area (Å²) in [5.74, 6) is -0.0445. The molecule has 1 saturated heterocycles. The van der Waals surface area contributed by atoms with Crippen LogP contribution in [0.1, 0.15) is 25.8 Å². The van der Waals surface area contributed by atoms with Crippen molar-refractivity contribution in [2.24, 2.45) is 0 Å². The summed E-state index contributed by atoms with van der Waals surface area (Å²) in [5, 5.41) is 20.1. The Bertz CT molecular complexity index is 750. The molecule has 1 aliphatic heterocycles. The first-order valence-corrected chi connectivity index (χ1v) is 8.49. The predicted molar refractivity (Wildman–Crippen MR) is 82.5 cm³/mol. The molecule has 8 heteroatoms. The number of hydrogen-bond acceptors (Lipinski definition) is 6. The topological polar surface area (TPSA) is 104 Å². The van der Waals surface area contributed by atoms with Gasteiger partial charge in [0.2, 0.25) is 0 Å². The van der Waals surface area contributed by atoms with Gasteiger partial charge in [-0.2, -0.15) is 5.26 Å². The summed E-state index contributed by atoms with van der Waals surface area (Å²) in [6, 6.07) is 6.12. The van der Waals surface area contributed by atoms with E-state index in [9.17, 15) is 18.5 Å². The summed E-state index contributed by atoms with van der Waals surface area (Å²) in [4.78, 5) is 12.4. The first kappa shape index (κ1) is 16.2. The molecule has 0 bridgehead atoms. The molecule has 7 nitrogen and oxygen atoms in total. The molecule has 1 aliphatic rings. The molecule has 1 heterocycles. The zero-order valence-electron chi connectivity index (χ0n) is 12.4. The Balaban J connectivity index is 2.41. The van der Waals surface area contributed by atoms with Gasteiger partial charge in [-0.05, 0) is 32.4 Å². The Morgan fingerprint density at radius 2 is 2.05 bits per heavy atom. The molecule has 2 rings (SSSR count). The van der Waals surface area contributed by atoms with Crippen molar-refractivity contribution >= 4 is 21.2 Å². The van der Waals surface area contributed by atoms with Gasteiger partial charge in [0.25, 0.3) is 5.69 Å². The normalized spacial score (nSPS) is 20.0. The second kappa shape index (κ2) is 5.57. The van der Waals surface area contributed by atoms with E-state index in [1.54, 1.807) is 18.7 Å². The van der Waals surface area contributed by atoms with Gasteiger partial charge in [-0.15, -0.1) is 0 Å². The molecule has 0 unspecified atom stereocenters. The highest BCUT2D eigenvalue weighted by Crippen LogP contribution is 2.33. The molecule has 0 radical (unpaired) electrons. The number of nitriles is 1. The maximum absolute atomic E-state index is 12.2. The van der Waals surface area contributed by atoms with Crippen molar-refractivity contribution in [3.8, 4) is 6.07 Å². The van der Waals surface area contributed by atoms with Gasteiger partial charge < -0.3 is 4.90 Å². The van der Waals surface area contributed by atoms with Crippen LogP contribution in [0.25, 0.3) is 0 Å². The van der Waals surface area contributed by atoms with Gasteiger partial charge in [0.15, 0.2) is 9.84 Å². The van der Waals surface area contributed by atoms with E-state index >= 15 is 0 Å². The van der Waals surface area contributed by atoms with E-state index in [-0.39, 0.29) is 23.5 Å². The molecule has 1 aromatic carbocycles. The number of sulfone groups is 1. The molecular weight excluding hydrogens is 306 g/mol. The fourth-order valence-corrected chi connectivity index (χ4v) is 3.84. The molecule has 1 fully saturated rings. The van der Waals surface area contributed by atoms with Crippen molar-refractivity contribution in [2.75, 3.05) is 23.7 Å². The number of anilines is 1. The number of hydrogen-bond donors (Lipinski definition) is 0. The lowest BCUT2D eigenvalue weighted by Gasteiger charge is -2.23. The Hall–Kier alpha value is -2.14. The third-order valence-corrected chi connectivity index (χ3v) is 6.71. The lowest BCUT2D eigenvalue weighted by molar-refractivity contribution is -0.384. The number of nitrogens with zero attached hydrogens (tertiary/aromatic N) is 3. The highest BCUT2D eigenvalue weighted by atomic mass is 32.2. The fraction of sp³-hybridized carbons (Fsp3) is 0.500. The highest BCUT2D eigenvalue weighted by molar-refractivity contribution is 7.92. The van der Waals surface area contributed by atoms with Crippen LogP contribution in [0.15, 0.2) is 18.2 Å². The lowest BCUT2D eigenvalue weighted by atomic mass is 10.1. The van der Waals surface area contributed by atoms with Crippen molar-refractivity contribution in [2.45, 2.75) is 25.0 Å². The Kier molecular flexibility index (Phi) is 4.11. The molecule has 0 aliphatic carbocycles. The smallest absolute Gasteiger partial charge is 0.293 e. The van der Waals surface area contributed by atoms with Gasteiger partial charge in [-0.1, -0.05) is 0 Å². The average molecular weight is 323 g/mol. The third-order valence-electron chi connectivity index (χ3n) is 4.10. The van der Waals surface area contributed by atoms with Crippen LogP contribution < -0.4 is 4.90 Å². The largest absolute Gasteiger partial charge is 0.365 e. The molecule has 0 N–H and O–H groups in total. The van der Waals surface area contributed by atoms with Crippen LogP contribution in [0.4, 0.5) is 11.4 Å². The molecule has 1 aromatic rings. The van der Waals surface area contributed by atoms with Gasteiger partial charge in [0, 0.05) is 19.2 Å². The highest BCUT2D eigenvalue weighted by Gasteiger charge is 2.38. The first-order chi connectivity index (χ1) is 10.2. The Morgan fingerprint density at radius 1 is 1.36 bits per heavy atom.